The lowest BCUT2D eigenvalue weighted by Gasteiger charge is -2.32. The van der Waals surface area contributed by atoms with Crippen LogP contribution in [0.4, 0.5) is 0 Å². The maximum absolute atomic E-state index is 8.33. The van der Waals surface area contributed by atoms with E-state index in [0.717, 1.165) is 0 Å². The fraction of sp³-hybridized carbons (Fsp3) is 0.875. The molecule has 0 saturated heterocycles. The van der Waals surface area contributed by atoms with Gasteiger partial charge in [0, 0.05) is 12.1 Å². The van der Waals surface area contributed by atoms with Gasteiger partial charge in [-0.1, -0.05) is 0 Å². The molecule has 0 heterocycles. The third kappa shape index (κ3) is 4.78. The number of rotatable bonds is 5. The fourth-order valence-electron chi connectivity index (χ4n) is 1.11. The third-order valence-electron chi connectivity index (χ3n) is 1.48. The summed E-state index contributed by atoms with van der Waals surface area (Å²) in [6, 6.07) is 2.59. The largest absolute Gasteiger partial charge is 0.316 e. The van der Waals surface area contributed by atoms with Crippen molar-refractivity contribution in [2.24, 2.45) is 0 Å². The molecule has 76 valence electrons. The van der Waals surface area contributed by atoms with E-state index < -0.39 is 7.65 Å². The van der Waals surface area contributed by atoms with Crippen molar-refractivity contribution in [2.75, 3.05) is 6.61 Å². The highest BCUT2D eigenvalue weighted by Gasteiger charge is 2.23. The summed E-state index contributed by atoms with van der Waals surface area (Å²) in [5.74, 6) is 0. The molecule has 0 radical (unpaired) electrons. The zero-order chi connectivity index (χ0) is 10.4. The second-order valence-corrected chi connectivity index (χ2v) is 5.27. The first kappa shape index (κ1) is 13.1. The molecule has 0 aliphatic heterocycles. The second kappa shape index (κ2) is 6.56. The molecule has 5 heteroatoms. The highest BCUT2D eigenvalue weighted by atomic mass is 35.7. The normalized spacial score (nSPS) is 13.8. The molecule has 1 unspecified atom stereocenters. The van der Waals surface area contributed by atoms with Crippen molar-refractivity contribution < 1.29 is 4.52 Å². The van der Waals surface area contributed by atoms with Gasteiger partial charge >= 0.3 is 0 Å². The van der Waals surface area contributed by atoms with E-state index in [9.17, 15) is 0 Å². The van der Waals surface area contributed by atoms with Crippen LogP contribution in [0.15, 0.2) is 0 Å². The zero-order valence-electron chi connectivity index (χ0n) is 8.49. The van der Waals surface area contributed by atoms with E-state index >= 15 is 0 Å². The predicted octanol–water partition coefficient (Wildman–Crippen LogP) is 3.11. The van der Waals surface area contributed by atoms with Crippen LogP contribution in [0.5, 0.6) is 0 Å². The predicted molar refractivity (Wildman–Crippen MR) is 56.4 cm³/mol. The fourth-order valence-corrected chi connectivity index (χ4v) is 3.33. The summed E-state index contributed by atoms with van der Waals surface area (Å²) >= 11 is 6.03. The van der Waals surface area contributed by atoms with Crippen LogP contribution in [0, 0.1) is 11.3 Å². The molecular weight excluding hydrogens is 207 g/mol. The Bertz CT molecular complexity index is 173. The van der Waals surface area contributed by atoms with Crippen LogP contribution < -0.4 is 0 Å². The van der Waals surface area contributed by atoms with Crippen LogP contribution in [0.2, 0.25) is 0 Å². The lowest BCUT2D eigenvalue weighted by Crippen LogP contribution is -2.31. The number of hydrogen-bond donors (Lipinski definition) is 0. The Balaban J connectivity index is 4.13. The second-order valence-electron chi connectivity index (χ2n) is 3.23. The Labute approximate surface area is 86.3 Å². The molecule has 0 N–H and O–H groups in total. The number of nitriles is 1. The Morgan fingerprint density at radius 2 is 1.85 bits per heavy atom. The molecule has 0 saturated carbocycles. The van der Waals surface area contributed by atoms with E-state index in [1.54, 1.807) is 0 Å². The molecule has 0 aromatic heterocycles. The minimum Gasteiger partial charge on any atom is -0.316 e. The lowest BCUT2D eigenvalue weighted by atomic mass is 10.3. The molecule has 0 aromatic carbocycles. The summed E-state index contributed by atoms with van der Waals surface area (Å²) in [6.07, 6.45) is 0. The zero-order valence-corrected chi connectivity index (χ0v) is 10.1. The van der Waals surface area contributed by atoms with Gasteiger partial charge in [-0.2, -0.15) is 5.26 Å². The minimum absolute atomic E-state index is 0.0607. The molecule has 0 rings (SSSR count). The van der Waals surface area contributed by atoms with E-state index in [1.807, 2.05) is 6.07 Å². The third-order valence-corrected chi connectivity index (χ3v) is 3.92. The van der Waals surface area contributed by atoms with Crippen molar-refractivity contribution in [1.29, 1.82) is 5.26 Å². The van der Waals surface area contributed by atoms with Gasteiger partial charge in [-0.25, -0.2) is 4.67 Å². The topological polar surface area (TPSA) is 36.3 Å². The first-order valence-corrected chi connectivity index (χ1v) is 6.36. The first-order chi connectivity index (χ1) is 6.00. The van der Waals surface area contributed by atoms with Gasteiger partial charge < -0.3 is 4.52 Å². The standard InChI is InChI=1S/C8H16ClN2OP/c1-7(2)11(8(3)4)13(9)12-6-5-10/h7-8H,6H2,1-4H3. The monoisotopic (exact) mass is 222 g/mol. The number of hydrogen-bond acceptors (Lipinski definition) is 3. The summed E-state index contributed by atoms with van der Waals surface area (Å²) in [6.45, 7) is 8.31. The van der Waals surface area contributed by atoms with Crippen molar-refractivity contribution in [1.82, 2.24) is 4.67 Å². The van der Waals surface area contributed by atoms with Gasteiger partial charge in [0.2, 0.25) is 7.65 Å². The molecule has 13 heavy (non-hydrogen) atoms. The molecular formula is C8H16ClN2OP. The van der Waals surface area contributed by atoms with Crippen LogP contribution in [0.25, 0.3) is 0 Å². The highest BCUT2D eigenvalue weighted by Crippen LogP contribution is 2.49. The highest BCUT2D eigenvalue weighted by molar-refractivity contribution is 7.78. The van der Waals surface area contributed by atoms with Crippen molar-refractivity contribution >= 4 is 18.9 Å². The van der Waals surface area contributed by atoms with E-state index in [-0.39, 0.29) is 6.61 Å². The van der Waals surface area contributed by atoms with Gasteiger partial charge in [-0.15, -0.1) is 0 Å². The van der Waals surface area contributed by atoms with Gasteiger partial charge in [0.25, 0.3) is 0 Å². The van der Waals surface area contributed by atoms with Gasteiger partial charge in [0.1, 0.15) is 6.61 Å². The van der Waals surface area contributed by atoms with Gasteiger partial charge in [-0.3, -0.25) is 0 Å². The van der Waals surface area contributed by atoms with Crippen molar-refractivity contribution in [3.8, 4) is 6.07 Å². The van der Waals surface area contributed by atoms with E-state index in [4.69, 9.17) is 21.0 Å². The van der Waals surface area contributed by atoms with Gasteiger partial charge in [0.15, 0.2) is 0 Å². The van der Waals surface area contributed by atoms with Crippen LogP contribution in [-0.2, 0) is 4.52 Å². The van der Waals surface area contributed by atoms with E-state index in [0.29, 0.717) is 12.1 Å². The molecule has 0 fully saturated rings. The summed E-state index contributed by atoms with van der Waals surface area (Å²) in [5.41, 5.74) is 0. The Hall–Kier alpha value is 0.130. The van der Waals surface area contributed by atoms with Crippen LogP contribution in [0.1, 0.15) is 27.7 Å². The van der Waals surface area contributed by atoms with E-state index in [2.05, 4.69) is 32.4 Å². The van der Waals surface area contributed by atoms with E-state index in [1.165, 1.54) is 0 Å². The molecule has 0 aliphatic carbocycles. The maximum atomic E-state index is 8.33. The molecule has 3 nitrogen and oxygen atoms in total. The van der Waals surface area contributed by atoms with Gasteiger partial charge in [-0.05, 0) is 38.9 Å². The molecule has 1 atom stereocenters. The van der Waals surface area contributed by atoms with Crippen LogP contribution in [-0.4, -0.2) is 23.4 Å². The van der Waals surface area contributed by atoms with Crippen LogP contribution in [0.3, 0.4) is 0 Å². The van der Waals surface area contributed by atoms with Crippen molar-refractivity contribution in [2.45, 2.75) is 39.8 Å². The Kier molecular flexibility index (Phi) is 6.63. The Morgan fingerprint density at radius 3 is 2.15 bits per heavy atom. The molecule has 0 bridgehead atoms. The first-order valence-electron chi connectivity index (χ1n) is 4.24. The smallest absolute Gasteiger partial charge is 0.208 e. The SMILES string of the molecule is CC(C)N(C(C)C)P(Cl)OCC#N. The maximum Gasteiger partial charge on any atom is 0.208 e. The number of halogens is 1. The average molecular weight is 223 g/mol. The van der Waals surface area contributed by atoms with Crippen molar-refractivity contribution in [3.63, 3.8) is 0 Å². The molecule has 0 spiro atoms. The number of nitrogens with zero attached hydrogens (tertiary/aromatic N) is 2. The van der Waals surface area contributed by atoms with Gasteiger partial charge in [0.05, 0.1) is 6.07 Å². The van der Waals surface area contributed by atoms with Crippen molar-refractivity contribution in [3.05, 3.63) is 0 Å². The Morgan fingerprint density at radius 1 is 1.38 bits per heavy atom. The molecule has 0 amide bonds. The summed E-state index contributed by atoms with van der Waals surface area (Å²) in [7, 11) is -1.15. The quantitative estimate of drug-likeness (QED) is 0.671. The average Bonchev–Trinajstić information content (AvgIpc) is 1.99. The molecule has 0 aromatic rings. The summed E-state index contributed by atoms with van der Waals surface area (Å²) in [4.78, 5) is 0. The molecule has 0 aliphatic rings. The lowest BCUT2D eigenvalue weighted by molar-refractivity contribution is 0.278. The van der Waals surface area contributed by atoms with Crippen LogP contribution >= 0.6 is 18.9 Å². The summed E-state index contributed by atoms with van der Waals surface area (Å²) < 4.78 is 7.23. The minimum atomic E-state index is -1.15. The summed E-state index contributed by atoms with van der Waals surface area (Å²) in [5, 5.41) is 8.33.